The lowest BCUT2D eigenvalue weighted by atomic mass is 10.1. The molecule has 7 heteroatoms. The Morgan fingerprint density at radius 3 is 2.86 bits per heavy atom. The van der Waals surface area contributed by atoms with Crippen LogP contribution in [-0.4, -0.2) is 29.4 Å². The Morgan fingerprint density at radius 2 is 2.09 bits per heavy atom. The van der Waals surface area contributed by atoms with E-state index in [1.807, 2.05) is 30.8 Å². The molecule has 3 aromatic heterocycles. The normalized spacial score (nSPS) is 11.5. The van der Waals surface area contributed by atoms with Crippen LogP contribution in [0.25, 0.3) is 5.78 Å². The number of hydrogen-bond donors (Lipinski definition) is 1. The molecule has 0 aliphatic heterocycles. The van der Waals surface area contributed by atoms with E-state index in [1.54, 1.807) is 4.52 Å². The van der Waals surface area contributed by atoms with Crippen LogP contribution in [0.3, 0.4) is 0 Å². The smallest absolute Gasteiger partial charge is 0.254 e. The minimum atomic E-state index is 0.588. The zero-order valence-electron chi connectivity index (χ0n) is 13.4. The summed E-state index contributed by atoms with van der Waals surface area (Å²) in [6.45, 7) is 9.34. The first-order valence-electron chi connectivity index (χ1n) is 7.52. The molecule has 0 atom stereocenters. The molecule has 0 fully saturated rings. The Bertz CT molecular complexity index is 784. The lowest BCUT2D eigenvalue weighted by Crippen LogP contribution is -2.07. The minimum absolute atomic E-state index is 0.588. The Morgan fingerprint density at radius 1 is 1.27 bits per heavy atom. The molecule has 0 radical (unpaired) electrons. The van der Waals surface area contributed by atoms with Crippen molar-refractivity contribution >= 4 is 17.4 Å². The minimum Gasteiger partial charge on any atom is -0.323 e. The third kappa shape index (κ3) is 2.79. The van der Waals surface area contributed by atoms with Gasteiger partial charge in [-0.25, -0.2) is 4.98 Å². The molecule has 0 aliphatic carbocycles. The van der Waals surface area contributed by atoms with Gasteiger partial charge in [0.2, 0.25) is 0 Å². The predicted molar refractivity (Wildman–Crippen MR) is 85.2 cm³/mol. The van der Waals surface area contributed by atoms with Crippen LogP contribution in [0.1, 0.15) is 31.5 Å². The van der Waals surface area contributed by atoms with Crippen LogP contribution in [0, 0.1) is 19.8 Å². The highest BCUT2D eigenvalue weighted by Crippen LogP contribution is 2.21. The second kappa shape index (κ2) is 5.75. The number of hydrogen-bond acceptors (Lipinski definition) is 5. The first-order chi connectivity index (χ1) is 10.5. The van der Waals surface area contributed by atoms with E-state index < -0.39 is 0 Å². The number of aryl methyl sites for hydroxylation is 2. The van der Waals surface area contributed by atoms with Crippen LogP contribution in [0.15, 0.2) is 18.6 Å². The molecule has 3 rings (SSSR count). The van der Waals surface area contributed by atoms with Crippen LogP contribution in [0.5, 0.6) is 0 Å². The van der Waals surface area contributed by atoms with Gasteiger partial charge >= 0.3 is 0 Å². The van der Waals surface area contributed by atoms with Crippen LogP contribution < -0.4 is 5.32 Å². The molecular weight excluding hydrogens is 278 g/mol. The highest BCUT2D eigenvalue weighted by Gasteiger charge is 2.12. The standard InChI is InChI=1S/C15H21N7/c1-10(2)5-7-21-8-6-13(20-21)19-14-11(3)12(4)18-15-16-9-17-22(14)15/h6,8-10H,5,7H2,1-4H3,(H,19,20). The summed E-state index contributed by atoms with van der Waals surface area (Å²) in [6, 6.07) is 1.97. The summed E-state index contributed by atoms with van der Waals surface area (Å²) < 4.78 is 3.67. The van der Waals surface area contributed by atoms with E-state index >= 15 is 0 Å². The van der Waals surface area contributed by atoms with E-state index in [1.165, 1.54) is 6.33 Å². The summed E-state index contributed by atoms with van der Waals surface area (Å²) in [7, 11) is 0. The lowest BCUT2D eigenvalue weighted by Gasteiger charge is -2.10. The van der Waals surface area contributed by atoms with Gasteiger partial charge in [0.05, 0.1) is 0 Å². The zero-order chi connectivity index (χ0) is 15.7. The number of fused-ring (bicyclic) bond motifs is 1. The molecule has 0 amide bonds. The molecule has 0 bridgehead atoms. The van der Waals surface area contributed by atoms with Gasteiger partial charge in [-0.1, -0.05) is 13.8 Å². The monoisotopic (exact) mass is 299 g/mol. The average molecular weight is 299 g/mol. The molecular formula is C15H21N7. The van der Waals surface area contributed by atoms with Gasteiger partial charge in [0.1, 0.15) is 12.1 Å². The average Bonchev–Trinajstić information content (AvgIpc) is 3.10. The van der Waals surface area contributed by atoms with Crippen LogP contribution in [0.2, 0.25) is 0 Å². The van der Waals surface area contributed by atoms with Crippen molar-refractivity contribution in [2.75, 3.05) is 5.32 Å². The molecule has 0 saturated carbocycles. The SMILES string of the molecule is Cc1nc2ncnn2c(Nc2ccn(CCC(C)C)n2)c1C. The Balaban J connectivity index is 1.87. The van der Waals surface area contributed by atoms with Crippen molar-refractivity contribution in [2.24, 2.45) is 5.92 Å². The second-order valence-corrected chi connectivity index (χ2v) is 5.91. The Labute approximate surface area is 129 Å². The second-order valence-electron chi connectivity index (χ2n) is 5.91. The van der Waals surface area contributed by atoms with Gasteiger partial charge in [-0.05, 0) is 26.2 Å². The number of nitrogens with one attached hydrogen (secondary N) is 1. The summed E-state index contributed by atoms with van der Waals surface area (Å²) in [5, 5.41) is 12.1. The molecule has 0 aliphatic rings. The van der Waals surface area contributed by atoms with Crippen molar-refractivity contribution < 1.29 is 0 Å². The fourth-order valence-electron chi connectivity index (χ4n) is 2.24. The molecule has 3 heterocycles. The molecule has 3 aromatic rings. The van der Waals surface area contributed by atoms with Crippen LogP contribution in [-0.2, 0) is 6.54 Å². The van der Waals surface area contributed by atoms with E-state index in [9.17, 15) is 0 Å². The van der Waals surface area contributed by atoms with E-state index in [0.717, 1.165) is 35.9 Å². The summed E-state index contributed by atoms with van der Waals surface area (Å²) in [6.07, 6.45) is 4.61. The molecule has 0 spiro atoms. The van der Waals surface area contributed by atoms with Crippen molar-refractivity contribution in [3.05, 3.63) is 29.8 Å². The third-order valence-electron chi connectivity index (χ3n) is 3.73. The van der Waals surface area contributed by atoms with E-state index in [4.69, 9.17) is 0 Å². The topological polar surface area (TPSA) is 72.9 Å². The van der Waals surface area contributed by atoms with Crippen molar-refractivity contribution in [2.45, 2.75) is 40.7 Å². The van der Waals surface area contributed by atoms with Gasteiger partial charge < -0.3 is 5.32 Å². The first-order valence-corrected chi connectivity index (χ1v) is 7.52. The maximum absolute atomic E-state index is 4.56. The highest BCUT2D eigenvalue weighted by molar-refractivity contribution is 5.59. The maximum Gasteiger partial charge on any atom is 0.254 e. The van der Waals surface area contributed by atoms with Gasteiger partial charge in [0.25, 0.3) is 5.78 Å². The lowest BCUT2D eigenvalue weighted by molar-refractivity contribution is 0.488. The highest BCUT2D eigenvalue weighted by atomic mass is 15.4. The molecule has 0 unspecified atom stereocenters. The molecule has 116 valence electrons. The van der Waals surface area contributed by atoms with Crippen molar-refractivity contribution in [1.29, 1.82) is 0 Å². The molecule has 0 aromatic carbocycles. The third-order valence-corrected chi connectivity index (χ3v) is 3.73. The van der Waals surface area contributed by atoms with Gasteiger partial charge in [-0.15, -0.1) is 0 Å². The number of rotatable bonds is 5. The van der Waals surface area contributed by atoms with E-state index in [0.29, 0.717) is 11.7 Å². The van der Waals surface area contributed by atoms with Crippen LogP contribution >= 0.6 is 0 Å². The summed E-state index contributed by atoms with van der Waals surface area (Å²) >= 11 is 0. The quantitative estimate of drug-likeness (QED) is 0.784. The van der Waals surface area contributed by atoms with Crippen molar-refractivity contribution in [3.8, 4) is 0 Å². The summed E-state index contributed by atoms with van der Waals surface area (Å²) in [4.78, 5) is 8.57. The van der Waals surface area contributed by atoms with E-state index in [-0.39, 0.29) is 0 Å². The fourth-order valence-corrected chi connectivity index (χ4v) is 2.24. The maximum atomic E-state index is 4.56. The van der Waals surface area contributed by atoms with Gasteiger partial charge in [0.15, 0.2) is 5.82 Å². The Hall–Kier alpha value is -2.44. The molecule has 7 nitrogen and oxygen atoms in total. The summed E-state index contributed by atoms with van der Waals surface area (Å²) in [5.41, 5.74) is 1.97. The fraction of sp³-hybridized carbons (Fsp3) is 0.467. The summed E-state index contributed by atoms with van der Waals surface area (Å²) in [5.74, 6) is 2.91. The molecule has 0 saturated heterocycles. The molecule has 1 N–H and O–H groups in total. The van der Waals surface area contributed by atoms with Gasteiger partial charge in [-0.2, -0.15) is 19.7 Å². The predicted octanol–water partition coefficient (Wildman–Crippen LogP) is 2.73. The van der Waals surface area contributed by atoms with Gasteiger partial charge in [-0.3, -0.25) is 4.68 Å². The van der Waals surface area contributed by atoms with E-state index in [2.05, 4.69) is 39.3 Å². The first kappa shape index (κ1) is 14.5. The number of nitrogens with zero attached hydrogens (tertiary/aromatic N) is 6. The molecule has 22 heavy (non-hydrogen) atoms. The number of anilines is 2. The van der Waals surface area contributed by atoms with Gasteiger partial charge in [0, 0.05) is 30.1 Å². The van der Waals surface area contributed by atoms with Crippen LogP contribution in [0.4, 0.5) is 11.6 Å². The zero-order valence-corrected chi connectivity index (χ0v) is 13.4. The number of aromatic nitrogens is 6. The van der Waals surface area contributed by atoms with Crippen molar-refractivity contribution in [1.82, 2.24) is 29.4 Å². The largest absolute Gasteiger partial charge is 0.323 e. The Kier molecular flexibility index (Phi) is 3.79. The van der Waals surface area contributed by atoms with Crippen molar-refractivity contribution in [3.63, 3.8) is 0 Å².